The van der Waals surface area contributed by atoms with Crippen molar-refractivity contribution in [1.29, 1.82) is 0 Å². The molecule has 1 aromatic carbocycles. The van der Waals surface area contributed by atoms with Gasteiger partial charge in [-0.25, -0.2) is 4.98 Å². The molecular formula is C16H12N4O. The van der Waals surface area contributed by atoms with E-state index in [0.717, 1.165) is 22.2 Å². The fraction of sp³-hybridized carbons (Fsp3) is 0.0625. The quantitative estimate of drug-likeness (QED) is 0.563. The molecule has 0 amide bonds. The van der Waals surface area contributed by atoms with Crippen LogP contribution in [0.25, 0.3) is 33.9 Å². The smallest absolute Gasteiger partial charge is 0.250 e. The van der Waals surface area contributed by atoms with Crippen molar-refractivity contribution in [2.24, 2.45) is 7.05 Å². The van der Waals surface area contributed by atoms with E-state index in [9.17, 15) is 0 Å². The van der Waals surface area contributed by atoms with Gasteiger partial charge in [0.25, 0.3) is 0 Å². The summed E-state index contributed by atoms with van der Waals surface area (Å²) in [7, 11) is 1.95. The Morgan fingerprint density at radius 2 is 1.76 bits per heavy atom. The van der Waals surface area contributed by atoms with Gasteiger partial charge >= 0.3 is 0 Å². The van der Waals surface area contributed by atoms with Crippen LogP contribution >= 0.6 is 0 Å². The van der Waals surface area contributed by atoms with E-state index in [0.29, 0.717) is 11.8 Å². The number of nitrogens with zero attached hydrogens (tertiary/aromatic N) is 4. The summed E-state index contributed by atoms with van der Waals surface area (Å²) in [5, 5.41) is 9.30. The van der Waals surface area contributed by atoms with Gasteiger partial charge in [0.15, 0.2) is 0 Å². The Morgan fingerprint density at radius 3 is 2.62 bits per heavy atom. The first kappa shape index (κ1) is 11.8. The molecule has 3 heterocycles. The predicted octanol–water partition coefficient (Wildman–Crippen LogP) is 3.29. The molecule has 0 radical (unpaired) electrons. The summed E-state index contributed by atoms with van der Waals surface area (Å²) in [5.41, 5.74) is 2.71. The van der Waals surface area contributed by atoms with Crippen molar-refractivity contribution >= 4 is 11.0 Å². The number of aromatic nitrogens is 4. The Labute approximate surface area is 120 Å². The molecule has 0 fully saturated rings. The molecule has 4 rings (SSSR count). The summed E-state index contributed by atoms with van der Waals surface area (Å²) in [4.78, 5) is 4.36. The molecule has 0 atom stereocenters. The largest absolute Gasteiger partial charge is 0.416 e. The van der Waals surface area contributed by atoms with E-state index in [2.05, 4.69) is 15.2 Å². The predicted molar refractivity (Wildman–Crippen MR) is 79.4 cm³/mol. The van der Waals surface area contributed by atoms with Crippen LogP contribution < -0.4 is 0 Å². The zero-order valence-electron chi connectivity index (χ0n) is 11.4. The molecule has 0 bridgehead atoms. The van der Waals surface area contributed by atoms with Gasteiger partial charge in [-0.15, -0.1) is 10.2 Å². The number of hydrogen-bond donors (Lipinski definition) is 0. The van der Waals surface area contributed by atoms with E-state index in [1.54, 1.807) is 6.20 Å². The Kier molecular flexibility index (Phi) is 2.57. The zero-order chi connectivity index (χ0) is 14.2. The van der Waals surface area contributed by atoms with Gasteiger partial charge in [0.05, 0.1) is 5.56 Å². The number of pyridine rings is 1. The van der Waals surface area contributed by atoms with Crippen LogP contribution in [-0.2, 0) is 7.05 Å². The average molecular weight is 276 g/mol. The van der Waals surface area contributed by atoms with E-state index in [1.807, 2.05) is 60.3 Å². The molecule has 102 valence electrons. The second-order valence-electron chi connectivity index (χ2n) is 4.81. The molecule has 0 aliphatic rings. The molecule has 3 aromatic heterocycles. The second-order valence-corrected chi connectivity index (χ2v) is 4.81. The second kappa shape index (κ2) is 4.56. The van der Waals surface area contributed by atoms with Crippen LogP contribution in [0.3, 0.4) is 0 Å². The van der Waals surface area contributed by atoms with Crippen LogP contribution in [0.5, 0.6) is 0 Å². The van der Waals surface area contributed by atoms with Crippen LogP contribution in [0.4, 0.5) is 0 Å². The molecule has 5 heteroatoms. The normalized spacial score (nSPS) is 11.1. The Hall–Kier alpha value is -2.95. The molecule has 0 unspecified atom stereocenters. The van der Waals surface area contributed by atoms with E-state index in [1.165, 1.54) is 0 Å². The SMILES string of the molecule is Cn1cc(-c2nnc(-c3ccccc3)o2)c2cccnc21. The van der Waals surface area contributed by atoms with Crippen molar-refractivity contribution < 1.29 is 4.42 Å². The Bertz CT molecular complexity index is 908. The van der Waals surface area contributed by atoms with Crippen LogP contribution in [0.1, 0.15) is 0 Å². The van der Waals surface area contributed by atoms with Gasteiger partial charge in [-0.1, -0.05) is 18.2 Å². The first-order valence-electron chi connectivity index (χ1n) is 6.62. The lowest BCUT2D eigenvalue weighted by Crippen LogP contribution is -1.85. The molecule has 0 saturated heterocycles. The number of rotatable bonds is 2. The zero-order valence-corrected chi connectivity index (χ0v) is 11.4. The molecular weight excluding hydrogens is 264 g/mol. The summed E-state index contributed by atoms with van der Waals surface area (Å²) < 4.78 is 7.77. The maximum absolute atomic E-state index is 5.81. The Balaban J connectivity index is 1.85. The van der Waals surface area contributed by atoms with Gasteiger partial charge in [0.2, 0.25) is 11.8 Å². The van der Waals surface area contributed by atoms with Gasteiger partial charge in [0.1, 0.15) is 5.65 Å². The van der Waals surface area contributed by atoms with Crippen LogP contribution in [0, 0.1) is 0 Å². The summed E-state index contributed by atoms with van der Waals surface area (Å²) >= 11 is 0. The highest BCUT2D eigenvalue weighted by Gasteiger charge is 2.15. The minimum atomic E-state index is 0.507. The third-order valence-electron chi connectivity index (χ3n) is 3.41. The van der Waals surface area contributed by atoms with E-state index in [-0.39, 0.29) is 0 Å². The standard InChI is InChI=1S/C16H12N4O/c1-20-10-13(12-8-5-9-17-14(12)20)16-19-18-15(21-16)11-6-3-2-4-7-11/h2-10H,1H3. The van der Waals surface area contributed by atoms with Crippen molar-refractivity contribution in [1.82, 2.24) is 19.7 Å². The lowest BCUT2D eigenvalue weighted by Gasteiger charge is -1.93. The first-order chi connectivity index (χ1) is 10.3. The maximum Gasteiger partial charge on any atom is 0.250 e. The lowest BCUT2D eigenvalue weighted by atomic mass is 10.2. The molecule has 0 aliphatic heterocycles. The molecule has 21 heavy (non-hydrogen) atoms. The fourth-order valence-electron chi connectivity index (χ4n) is 2.41. The number of hydrogen-bond acceptors (Lipinski definition) is 4. The topological polar surface area (TPSA) is 56.7 Å². The monoisotopic (exact) mass is 276 g/mol. The Morgan fingerprint density at radius 1 is 0.952 bits per heavy atom. The van der Waals surface area contributed by atoms with Crippen molar-refractivity contribution in [2.45, 2.75) is 0 Å². The summed E-state index contributed by atoms with van der Waals surface area (Å²) in [5.74, 6) is 1.03. The number of aryl methyl sites for hydroxylation is 1. The first-order valence-corrected chi connectivity index (χ1v) is 6.62. The lowest BCUT2D eigenvalue weighted by molar-refractivity contribution is 0.585. The number of benzene rings is 1. The molecule has 0 aliphatic carbocycles. The minimum absolute atomic E-state index is 0.507. The summed E-state index contributed by atoms with van der Waals surface area (Å²) in [6.45, 7) is 0. The van der Waals surface area contributed by atoms with Crippen molar-refractivity contribution in [3.63, 3.8) is 0 Å². The van der Waals surface area contributed by atoms with E-state index < -0.39 is 0 Å². The third kappa shape index (κ3) is 1.90. The molecule has 5 nitrogen and oxygen atoms in total. The van der Waals surface area contributed by atoms with Gasteiger partial charge in [-0.3, -0.25) is 0 Å². The average Bonchev–Trinajstić information content (AvgIpc) is 3.14. The van der Waals surface area contributed by atoms with Crippen molar-refractivity contribution in [3.8, 4) is 22.9 Å². The van der Waals surface area contributed by atoms with Crippen LogP contribution in [0.2, 0.25) is 0 Å². The molecule has 0 N–H and O–H groups in total. The van der Waals surface area contributed by atoms with Crippen LogP contribution in [0.15, 0.2) is 59.3 Å². The maximum atomic E-state index is 5.81. The van der Waals surface area contributed by atoms with Crippen molar-refractivity contribution in [3.05, 3.63) is 54.9 Å². The molecule has 4 aromatic rings. The van der Waals surface area contributed by atoms with Gasteiger partial charge in [-0.05, 0) is 24.3 Å². The highest BCUT2D eigenvalue weighted by molar-refractivity contribution is 5.91. The molecule has 0 saturated carbocycles. The summed E-state index contributed by atoms with van der Waals surface area (Å²) in [6, 6.07) is 13.6. The summed E-state index contributed by atoms with van der Waals surface area (Å²) in [6.07, 6.45) is 3.73. The van der Waals surface area contributed by atoms with E-state index in [4.69, 9.17) is 4.42 Å². The van der Waals surface area contributed by atoms with Crippen molar-refractivity contribution in [2.75, 3.05) is 0 Å². The highest BCUT2D eigenvalue weighted by Crippen LogP contribution is 2.29. The van der Waals surface area contributed by atoms with E-state index >= 15 is 0 Å². The van der Waals surface area contributed by atoms with Crippen LogP contribution in [-0.4, -0.2) is 19.7 Å². The fourth-order valence-corrected chi connectivity index (χ4v) is 2.41. The molecule has 0 spiro atoms. The van der Waals surface area contributed by atoms with Gasteiger partial charge < -0.3 is 8.98 Å². The highest BCUT2D eigenvalue weighted by atomic mass is 16.4. The third-order valence-corrected chi connectivity index (χ3v) is 3.41. The van der Waals surface area contributed by atoms with Gasteiger partial charge in [0, 0.05) is 30.4 Å². The minimum Gasteiger partial charge on any atom is -0.416 e. The van der Waals surface area contributed by atoms with Gasteiger partial charge in [-0.2, -0.15) is 0 Å². The number of fused-ring (bicyclic) bond motifs is 1.